The quantitative estimate of drug-likeness (QED) is 0.379. The highest BCUT2D eigenvalue weighted by Gasteiger charge is 2.17. The molecule has 122 valence electrons. The third-order valence-corrected chi connectivity index (χ3v) is 5.68. The molecule has 0 unspecified atom stereocenters. The normalized spacial score (nSPS) is 11.3. The number of nitrogens with zero attached hydrogens (tertiary/aromatic N) is 1. The molecule has 0 amide bonds. The highest BCUT2D eigenvalue weighted by Crippen LogP contribution is 2.38. The smallest absolute Gasteiger partial charge is 0.284 e. The maximum atomic E-state index is 11.4. The van der Waals surface area contributed by atoms with Crippen LogP contribution in [0.15, 0.2) is 55.1 Å². The highest BCUT2D eigenvalue weighted by atomic mass is 79.9. The van der Waals surface area contributed by atoms with E-state index in [1.54, 1.807) is 18.2 Å². The Balaban J connectivity index is 2.31. The lowest BCUT2D eigenvalue weighted by Crippen LogP contribution is -2.12. The lowest BCUT2D eigenvalue weighted by molar-refractivity contribution is -0.387. The molecule has 2 aromatic carbocycles. The lowest BCUT2D eigenvalue weighted by Gasteiger charge is -2.11. The fourth-order valence-electron chi connectivity index (χ4n) is 1.61. The predicted octanol–water partition coefficient (Wildman–Crippen LogP) is 3.89. The highest BCUT2D eigenvalue weighted by molar-refractivity contribution is 9.11. The van der Waals surface area contributed by atoms with Gasteiger partial charge in [0.2, 0.25) is 10.0 Å². The van der Waals surface area contributed by atoms with Crippen molar-refractivity contribution < 1.29 is 13.3 Å². The summed E-state index contributed by atoms with van der Waals surface area (Å²) < 4.78 is 26.6. The van der Waals surface area contributed by atoms with Gasteiger partial charge in [0.25, 0.3) is 5.69 Å². The molecule has 0 saturated heterocycles. The number of anilines is 1. The average Bonchev–Trinajstić information content (AvgIpc) is 2.45. The van der Waals surface area contributed by atoms with E-state index in [0.717, 1.165) is 11.9 Å². The van der Waals surface area contributed by atoms with Gasteiger partial charge in [0, 0.05) is 15.0 Å². The standard InChI is InChI=1S/C12H9Br2N3O4S2/c13-8-5-7(23(15,20)21)6-9(14)12(8)16-22-11-4-2-1-3-10(11)17(18)19/h1-6,16H,(H2,15,20,21). The minimum atomic E-state index is -3.83. The van der Waals surface area contributed by atoms with Crippen LogP contribution in [-0.2, 0) is 10.0 Å². The number of benzene rings is 2. The van der Waals surface area contributed by atoms with Crippen LogP contribution in [0.2, 0.25) is 0 Å². The summed E-state index contributed by atoms with van der Waals surface area (Å²) in [5.74, 6) is 0. The predicted molar refractivity (Wildman–Crippen MR) is 95.8 cm³/mol. The second-order valence-electron chi connectivity index (χ2n) is 4.24. The summed E-state index contributed by atoms with van der Waals surface area (Å²) in [4.78, 5) is 10.9. The largest absolute Gasteiger partial charge is 0.323 e. The third kappa shape index (κ3) is 4.44. The van der Waals surface area contributed by atoms with Crippen molar-refractivity contribution in [2.24, 2.45) is 5.14 Å². The number of nitro benzene ring substituents is 1. The van der Waals surface area contributed by atoms with E-state index in [0.29, 0.717) is 19.5 Å². The molecule has 7 nitrogen and oxygen atoms in total. The van der Waals surface area contributed by atoms with E-state index >= 15 is 0 Å². The summed E-state index contributed by atoms with van der Waals surface area (Å²) in [6, 6.07) is 8.97. The van der Waals surface area contributed by atoms with Gasteiger partial charge in [-0.05, 0) is 62.0 Å². The van der Waals surface area contributed by atoms with Crippen molar-refractivity contribution in [3.05, 3.63) is 55.5 Å². The summed E-state index contributed by atoms with van der Waals surface area (Å²) in [6.45, 7) is 0. The Morgan fingerprint density at radius 1 is 1.17 bits per heavy atom. The summed E-state index contributed by atoms with van der Waals surface area (Å²) in [5.41, 5.74) is 0.499. The van der Waals surface area contributed by atoms with E-state index in [4.69, 9.17) is 5.14 Å². The molecule has 0 aliphatic rings. The summed E-state index contributed by atoms with van der Waals surface area (Å²) in [6.07, 6.45) is 0. The first-order valence-corrected chi connectivity index (χ1v) is 9.83. The molecule has 0 bridgehead atoms. The third-order valence-electron chi connectivity index (χ3n) is 2.67. The van der Waals surface area contributed by atoms with Crippen molar-refractivity contribution >= 4 is 65.2 Å². The maximum absolute atomic E-state index is 11.4. The van der Waals surface area contributed by atoms with Gasteiger partial charge in [-0.3, -0.25) is 10.1 Å². The van der Waals surface area contributed by atoms with E-state index in [9.17, 15) is 18.5 Å². The van der Waals surface area contributed by atoms with Gasteiger partial charge in [0.1, 0.15) is 4.90 Å². The minimum Gasteiger partial charge on any atom is -0.323 e. The van der Waals surface area contributed by atoms with E-state index in [1.165, 1.54) is 18.2 Å². The molecule has 0 aliphatic heterocycles. The molecule has 2 rings (SSSR count). The molecule has 3 N–H and O–H groups in total. The molecule has 11 heteroatoms. The molecular formula is C12H9Br2N3O4S2. The molecule has 0 atom stereocenters. The van der Waals surface area contributed by atoms with Crippen LogP contribution in [0.25, 0.3) is 0 Å². The molecule has 0 aromatic heterocycles. The van der Waals surface area contributed by atoms with Crippen molar-refractivity contribution in [1.29, 1.82) is 0 Å². The Morgan fingerprint density at radius 3 is 2.26 bits per heavy atom. The monoisotopic (exact) mass is 481 g/mol. The average molecular weight is 483 g/mol. The van der Waals surface area contributed by atoms with Crippen LogP contribution in [-0.4, -0.2) is 13.3 Å². The summed E-state index contributed by atoms with van der Waals surface area (Å²) in [7, 11) is -3.83. The number of halogens is 2. The van der Waals surface area contributed by atoms with Gasteiger partial charge in [-0.1, -0.05) is 12.1 Å². The van der Waals surface area contributed by atoms with Crippen LogP contribution in [0.3, 0.4) is 0 Å². The number of hydrogen-bond donors (Lipinski definition) is 2. The zero-order valence-electron chi connectivity index (χ0n) is 11.2. The zero-order chi connectivity index (χ0) is 17.2. The van der Waals surface area contributed by atoms with E-state index in [2.05, 4.69) is 36.6 Å². The van der Waals surface area contributed by atoms with E-state index < -0.39 is 14.9 Å². The van der Waals surface area contributed by atoms with E-state index in [-0.39, 0.29) is 10.6 Å². The molecule has 23 heavy (non-hydrogen) atoms. The first-order chi connectivity index (χ1) is 10.7. The summed E-state index contributed by atoms with van der Waals surface area (Å²) in [5, 5.41) is 16.1. The van der Waals surface area contributed by atoms with Gasteiger partial charge in [-0.25, -0.2) is 13.6 Å². The van der Waals surface area contributed by atoms with Crippen LogP contribution in [0.1, 0.15) is 0 Å². The van der Waals surface area contributed by atoms with E-state index in [1.807, 2.05) is 0 Å². The Morgan fingerprint density at radius 2 is 1.74 bits per heavy atom. The van der Waals surface area contributed by atoms with Crippen molar-refractivity contribution in [1.82, 2.24) is 0 Å². The van der Waals surface area contributed by atoms with Crippen LogP contribution in [0, 0.1) is 10.1 Å². The Kier molecular flexibility index (Phi) is 5.68. The Labute approximate surface area is 153 Å². The fraction of sp³-hybridized carbons (Fsp3) is 0. The SMILES string of the molecule is NS(=O)(=O)c1cc(Br)c(NSc2ccccc2[N+](=O)[O-])c(Br)c1. The molecule has 0 radical (unpaired) electrons. The van der Waals surface area contributed by atoms with Crippen molar-refractivity contribution in [3.63, 3.8) is 0 Å². The maximum Gasteiger partial charge on any atom is 0.284 e. The van der Waals surface area contributed by atoms with Crippen molar-refractivity contribution in [2.75, 3.05) is 4.72 Å². The number of primary sulfonamides is 1. The molecule has 0 spiro atoms. The number of hydrogen-bond acceptors (Lipinski definition) is 6. The molecule has 0 heterocycles. The molecule has 2 aromatic rings. The van der Waals surface area contributed by atoms with Gasteiger partial charge < -0.3 is 4.72 Å². The van der Waals surface area contributed by atoms with Crippen molar-refractivity contribution in [3.8, 4) is 0 Å². The van der Waals surface area contributed by atoms with Crippen LogP contribution < -0.4 is 9.86 Å². The number of rotatable bonds is 5. The number of nitro groups is 1. The molecular weight excluding hydrogens is 474 g/mol. The van der Waals surface area contributed by atoms with Crippen LogP contribution in [0.5, 0.6) is 0 Å². The second kappa shape index (κ2) is 7.18. The Bertz CT molecular complexity index is 851. The minimum absolute atomic E-state index is 0.0293. The fourth-order valence-corrected chi connectivity index (χ4v) is 4.95. The van der Waals surface area contributed by atoms with Gasteiger partial charge >= 0.3 is 0 Å². The molecule has 0 aliphatic carbocycles. The van der Waals surface area contributed by atoms with Crippen molar-refractivity contribution in [2.45, 2.75) is 9.79 Å². The first-order valence-electron chi connectivity index (χ1n) is 5.88. The first kappa shape index (κ1) is 18.2. The zero-order valence-corrected chi connectivity index (χ0v) is 16.0. The summed E-state index contributed by atoms with van der Waals surface area (Å²) >= 11 is 7.54. The van der Waals surface area contributed by atoms with Gasteiger partial charge in [-0.15, -0.1) is 0 Å². The second-order valence-corrected chi connectivity index (χ2v) is 8.35. The Hall–Kier alpha value is -1.14. The lowest BCUT2D eigenvalue weighted by atomic mass is 10.3. The van der Waals surface area contributed by atoms with Gasteiger partial charge in [0.15, 0.2) is 0 Å². The van der Waals surface area contributed by atoms with Gasteiger partial charge in [0.05, 0.1) is 15.5 Å². The number of para-hydroxylation sites is 1. The molecule has 0 saturated carbocycles. The van der Waals surface area contributed by atoms with Gasteiger partial charge in [-0.2, -0.15) is 0 Å². The molecule has 0 fully saturated rings. The number of sulfonamides is 1. The van der Waals surface area contributed by atoms with Crippen LogP contribution >= 0.6 is 43.8 Å². The number of nitrogens with two attached hydrogens (primary N) is 1. The topological polar surface area (TPSA) is 115 Å². The van der Waals surface area contributed by atoms with Crippen LogP contribution in [0.4, 0.5) is 11.4 Å². The number of nitrogens with one attached hydrogen (secondary N) is 1.